The molecule has 0 atom stereocenters. The first kappa shape index (κ1) is 12.8. The maximum Gasteiger partial charge on any atom is 0.264 e. The van der Waals surface area contributed by atoms with Crippen molar-refractivity contribution in [3.8, 4) is 0 Å². The summed E-state index contributed by atoms with van der Waals surface area (Å²) in [7, 11) is 0.0461. The third-order valence-corrected chi connectivity index (χ3v) is 2.18. The molecular weight excluding hydrogens is 194 g/mol. The summed E-state index contributed by atoms with van der Waals surface area (Å²) in [5.41, 5.74) is 0. The molecule has 0 aromatic heterocycles. The molecule has 0 aromatic carbocycles. The standard InChI is InChI=1S/C7H17NO4S/c1-8(2)4-6-12-5-3-7-13(9,10)11/h3-7H2,1-2H3,(H,9,10,11). The molecule has 13 heavy (non-hydrogen) atoms. The fourth-order valence-electron chi connectivity index (χ4n) is 0.693. The van der Waals surface area contributed by atoms with Crippen molar-refractivity contribution in [3.05, 3.63) is 0 Å². The molecule has 6 heteroatoms. The van der Waals surface area contributed by atoms with Crippen LogP contribution in [0, 0.1) is 0 Å². The van der Waals surface area contributed by atoms with E-state index in [0.29, 0.717) is 19.6 Å². The third-order valence-electron chi connectivity index (χ3n) is 1.37. The van der Waals surface area contributed by atoms with Gasteiger partial charge in [0.15, 0.2) is 0 Å². The van der Waals surface area contributed by atoms with Gasteiger partial charge in [0, 0.05) is 13.2 Å². The van der Waals surface area contributed by atoms with Crippen LogP contribution in [0.5, 0.6) is 0 Å². The van der Waals surface area contributed by atoms with Crippen LogP contribution in [-0.4, -0.2) is 57.5 Å². The Bertz CT molecular complexity index is 213. The highest BCUT2D eigenvalue weighted by Gasteiger charge is 2.02. The second kappa shape index (κ2) is 6.31. The summed E-state index contributed by atoms with van der Waals surface area (Å²) < 4.78 is 34.0. The van der Waals surface area contributed by atoms with Crippen LogP contribution in [0.15, 0.2) is 0 Å². The summed E-state index contributed by atoms with van der Waals surface area (Å²) in [6, 6.07) is 0. The summed E-state index contributed by atoms with van der Waals surface area (Å²) in [6.45, 7) is 1.76. The zero-order chi connectivity index (χ0) is 10.3. The van der Waals surface area contributed by atoms with Crippen molar-refractivity contribution >= 4 is 10.1 Å². The smallest absolute Gasteiger partial charge is 0.264 e. The lowest BCUT2D eigenvalue weighted by Crippen LogP contribution is -2.18. The van der Waals surface area contributed by atoms with E-state index < -0.39 is 10.1 Å². The molecule has 0 heterocycles. The van der Waals surface area contributed by atoms with Gasteiger partial charge < -0.3 is 9.64 Å². The van der Waals surface area contributed by atoms with Gasteiger partial charge >= 0.3 is 0 Å². The number of rotatable bonds is 7. The molecule has 0 fully saturated rings. The molecule has 80 valence electrons. The van der Waals surface area contributed by atoms with Crippen LogP contribution in [0.4, 0.5) is 0 Å². The molecule has 0 bridgehead atoms. The Hall–Kier alpha value is -0.170. The summed E-state index contributed by atoms with van der Waals surface area (Å²) in [5.74, 6) is -0.227. The van der Waals surface area contributed by atoms with Gasteiger partial charge in [-0.15, -0.1) is 0 Å². The monoisotopic (exact) mass is 211 g/mol. The first-order valence-electron chi connectivity index (χ1n) is 4.09. The van der Waals surface area contributed by atoms with Gasteiger partial charge in [-0.3, -0.25) is 4.55 Å². The van der Waals surface area contributed by atoms with Crippen LogP contribution < -0.4 is 0 Å². The third kappa shape index (κ3) is 11.8. The van der Waals surface area contributed by atoms with Gasteiger partial charge in [0.25, 0.3) is 10.1 Å². The lowest BCUT2D eigenvalue weighted by molar-refractivity contribution is 0.118. The Morgan fingerprint density at radius 2 is 1.92 bits per heavy atom. The minimum atomic E-state index is -3.82. The van der Waals surface area contributed by atoms with Crippen molar-refractivity contribution in [2.24, 2.45) is 0 Å². The number of hydrogen-bond donors (Lipinski definition) is 1. The van der Waals surface area contributed by atoms with Crippen LogP contribution in [0.3, 0.4) is 0 Å². The Morgan fingerprint density at radius 3 is 2.38 bits per heavy atom. The molecule has 5 nitrogen and oxygen atoms in total. The largest absolute Gasteiger partial charge is 0.380 e. The van der Waals surface area contributed by atoms with Crippen molar-refractivity contribution < 1.29 is 17.7 Å². The lowest BCUT2D eigenvalue weighted by atomic mass is 10.5. The van der Waals surface area contributed by atoms with E-state index in [1.54, 1.807) is 0 Å². The molecule has 0 amide bonds. The summed E-state index contributed by atoms with van der Waals surface area (Å²) >= 11 is 0. The predicted octanol–water partition coefficient (Wildman–Crippen LogP) is -0.157. The zero-order valence-corrected chi connectivity index (χ0v) is 8.88. The van der Waals surface area contributed by atoms with Crippen molar-refractivity contribution in [2.45, 2.75) is 6.42 Å². The average Bonchev–Trinajstić information content (AvgIpc) is 1.93. The van der Waals surface area contributed by atoms with E-state index in [1.807, 2.05) is 19.0 Å². The number of nitrogens with zero attached hydrogens (tertiary/aromatic N) is 1. The fraction of sp³-hybridized carbons (Fsp3) is 1.00. The van der Waals surface area contributed by atoms with Gasteiger partial charge in [-0.25, -0.2) is 0 Å². The zero-order valence-electron chi connectivity index (χ0n) is 8.06. The highest BCUT2D eigenvalue weighted by molar-refractivity contribution is 7.85. The molecule has 1 N–H and O–H groups in total. The number of ether oxygens (including phenoxy) is 1. The molecule has 0 aliphatic heterocycles. The van der Waals surface area contributed by atoms with E-state index >= 15 is 0 Å². The highest BCUT2D eigenvalue weighted by Crippen LogP contribution is 1.89. The molecule has 0 rings (SSSR count). The fourth-order valence-corrected chi connectivity index (χ4v) is 1.18. The maximum atomic E-state index is 10.3. The Labute approximate surface area is 79.4 Å². The van der Waals surface area contributed by atoms with Gasteiger partial charge in [0.05, 0.1) is 12.4 Å². The van der Waals surface area contributed by atoms with E-state index in [4.69, 9.17) is 9.29 Å². The first-order chi connectivity index (χ1) is 5.92. The van der Waals surface area contributed by atoms with Crippen LogP contribution >= 0.6 is 0 Å². The molecule has 0 radical (unpaired) electrons. The van der Waals surface area contributed by atoms with Crippen molar-refractivity contribution in [2.75, 3.05) is 39.6 Å². The van der Waals surface area contributed by atoms with Crippen LogP contribution in [-0.2, 0) is 14.9 Å². The van der Waals surface area contributed by atoms with Crippen LogP contribution in [0.1, 0.15) is 6.42 Å². The topological polar surface area (TPSA) is 66.8 Å². The summed E-state index contributed by atoms with van der Waals surface area (Å²) in [6.07, 6.45) is 0.340. The van der Waals surface area contributed by atoms with Crippen LogP contribution in [0.25, 0.3) is 0 Å². The Kier molecular flexibility index (Phi) is 6.23. The maximum absolute atomic E-state index is 10.3. The lowest BCUT2D eigenvalue weighted by Gasteiger charge is -2.09. The van der Waals surface area contributed by atoms with E-state index in [0.717, 1.165) is 6.54 Å². The number of hydrogen-bond acceptors (Lipinski definition) is 4. The van der Waals surface area contributed by atoms with E-state index in [1.165, 1.54) is 0 Å². The minimum absolute atomic E-state index is 0.227. The van der Waals surface area contributed by atoms with Gasteiger partial charge in [0.2, 0.25) is 0 Å². The van der Waals surface area contributed by atoms with E-state index in [2.05, 4.69) is 0 Å². The molecule has 0 unspecified atom stereocenters. The summed E-state index contributed by atoms with van der Waals surface area (Å²) in [4.78, 5) is 1.97. The highest BCUT2D eigenvalue weighted by atomic mass is 32.2. The number of likely N-dealkylation sites (N-methyl/N-ethyl adjacent to an activating group) is 1. The molecule has 0 spiro atoms. The van der Waals surface area contributed by atoms with E-state index in [-0.39, 0.29) is 5.75 Å². The predicted molar refractivity (Wildman–Crippen MR) is 50.4 cm³/mol. The second-order valence-electron chi connectivity index (χ2n) is 3.06. The molecule has 0 aromatic rings. The van der Waals surface area contributed by atoms with Gasteiger partial charge in [-0.2, -0.15) is 8.42 Å². The normalized spacial score (nSPS) is 12.3. The van der Waals surface area contributed by atoms with E-state index in [9.17, 15) is 8.42 Å². The molecular formula is C7H17NO4S. The molecule has 0 aliphatic rings. The van der Waals surface area contributed by atoms with Gasteiger partial charge in [-0.1, -0.05) is 0 Å². The average molecular weight is 211 g/mol. The second-order valence-corrected chi connectivity index (χ2v) is 4.63. The quantitative estimate of drug-likeness (QED) is 0.468. The summed E-state index contributed by atoms with van der Waals surface area (Å²) in [5, 5.41) is 0. The minimum Gasteiger partial charge on any atom is -0.380 e. The SMILES string of the molecule is CN(C)CCOCCCS(=O)(=O)O. The molecule has 0 saturated carbocycles. The van der Waals surface area contributed by atoms with Gasteiger partial charge in [0.1, 0.15) is 0 Å². The first-order valence-corrected chi connectivity index (χ1v) is 5.70. The van der Waals surface area contributed by atoms with Crippen molar-refractivity contribution in [1.82, 2.24) is 4.90 Å². The Balaban J connectivity index is 3.18. The van der Waals surface area contributed by atoms with Crippen LogP contribution in [0.2, 0.25) is 0 Å². The van der Waals surface area contributed by atoms with Gasteiger partial charge in [-0.05, 0) is 20.5 Å². The molecule has 0 aliphatic carbocycles. The van der Waals surface area contributed by atoms with Crippen molar-refractivity contribution in [1.29, 1.82) is 0 Å². The molecule has 0 saturated heterocycles. The van der Waals surface area contributed by atoms with Crippen molar-refractivity contribution in [3.63, 3.8) is 0 Å². The Morgan fingerprint density at radius 1 is 1.31 bits per heavy atom.